The van der Waals surface area contributed by atoms with Gasteiger partial charge < -0.3 is 15.4 Å². The van der Waals surface area contributed by atoms with Crippen molar-refractivity contribution in [1.82, 2.24) is 0 Å². The number of para-hydroxylation sites is 1. The van der Waals surface area contributed by atoms with Gasteiger partial charge in [0.25, 0.3) is 5.69 Å². The first-order valence-electron chi connectivity index (χ1n) is 7.38. The number of hydrogen-bond donors (Lipinski definition) is 2. The second-order valence-electron chi connectivity index (χ2n) is 5.20. The van der Waals surface area contributed by atoms with E-state index in [9.17, 15) is 19.7 Å². The van der Waals surface area contributed by atoms with Crippen molar-refractivity contribution < 1.29 is 19.2 Å². The van der Waals surface area contributed by atoms with Crippen LogP contribution in [0.5, 0.6) is 0 Å². The topological polar surface area (TPSA) is 111 Å². The zero-order valence-corrected chi connectivity index (χ0v) is 13.7. The molecule has 130 valence electrons. The minimum absolute atomic E-state index is 0.107. The normalized spacial score (nSPS) is 10.0. The Balaban J connectivity index is 2.06. The molecule has 0 atom stereocenters. The van der Waals surface area contributed by atoms with Gasteiger partial charge >= 0.3 is 5.97 Å². The van der Waals surface area contributed by atoms with Gasteiger partial charge in [-0.2, -0.15) is 0 Å². The van der Waals surface area contributed by atoms with Crippen molar-refractivity contribution >= 4 is 28.9 Å². The first kappa shape index (κ1) is 17.9. The molecule has 0 heterocycles. The number of aryl methyl sites for hydroxylation is 1. The fourth-order valence-electron chi connectivity index (χ4n) is 2.15. The highest BCUT2D eigenvalue weighted by Crippen LogP contribution is 2.22. The van der Waals surface area contributed by atoms with Crippen molar-refractivity contribution in [3.05, 3.63) is 63.7 Å². The summed E-state index contributed by atoms with van der Waals surface area (Å²) in [5.74, 6) is -0.915. The van der Waals surface area contributed by atoms with E-state index < -0.39 is 16.8 Å². The molecule has 1 amide bonds. The summed E-state index contributed by atoms with van der Waals surface area (Å²) in [7, 11) is 1.27. The molecule has 0 aliphatic heterocycles. The Hall–Kier alpha value is -3.42. The standard InChI is InChI=1S/C17H17N3O5/c1-11-7-8-12(20(23)24)9-15(11)19-16(21)10-18-14-6-4-3-5-13(14)17(22)25-2/h3-9,18H,10H2,1-2H3,(H,19,21). The summed E-state index contributed by atoms with van der Waals surface area (Å²) in [5.41, 5.74) is 1.73. The number of ether oxygens (including phenoxy) is 1. The molecule has 0 aliphatic rings. The first-order chi connectivity index (χ1) is 11.9. The van der Waals surface area contributed by atoms with Gasteiger partial charge in [-0.1, -0.05) is 18.2 Å². The molecule has 0 radical (unpaired) electrons. The lowest BCUT2D eigenvalue weighted by Crippen LogP contribution is -2.23. The molecule has 2 N–H and O–H groups in total. The highest BCUT2D eigenvalue weighted by atomic mass is 16.6. The van der Waals surface area contributed by atoms with Crippen molar-refractivity contribution in [2.24, 2.45) is 0 Å². The molecule has 2 aromatic rings. The van der Waals surface area contributed by atoms with Crippen molar-refractivity contribution in [2.75, 3.05) is 24.3 Å². The van der Waals surface area contributed by atoms with Crippen LogP contribution in [-0.4, -0.2) is 30.5 Å². The summed E-state index contributed by atoms with van der Waals surface area (Å²) in [5, 5.41) is 16.3. The Morgan fingerprint density at radius 3 is 2.56 bits per heavy atom. The molecule has 8 nitrogen and oxygen atoms in total. The second-order valence-corrected chi connectivity index (χ2v) is 5.20. The number of nitrogens with one attached hydrogen (secondary N) is 2. The summed E-state index contributed by atoms with van der Waals surface area (Å²) >= 11 is 0. The minimum Gasteiger partial charge on any atom is -0.465 e. The molecule has 0 spiro atoms. The Morgan fingerprint density at radius 2 is 1.88 bits per heavy atom. The van der Waals surface area contributed by atoms with Crippen LogP contribution in [0.25, 0.3) is 0 Å². The second kappa shape index (κ2) is 7.91. The number of esters is 1. The van der Waals surface area contributed by atoms with Crippen molar-refractivity contribution in [1.29, 1.82) is 0 Å². The number of methoxy groups -OCH3 is 1. The van der Waals surface area contributed by atoms with Crippen LogP contribution in [0.2, 0.25) is 0 Å². The number of nitrogens with zero attached hydrogens (tertiary/aromatic N) is 1. The maximum atomic E-state index is 12.1. The Labute approximate surface area is 144 Å². The van der Waals surface area contributed by atoms with Crippen LogP contribution in [0.4, 0.5) is 17.1 Å². The summed E-state index contributed by atoms with van der Waals surface area (Å²) in [6.45, 7) is 1.62. The van der Waals surface area contributed by atoms with E-state index >= 15 is 0 Å². The number of nitro benzene ring substituents is 1. The molecule has 2 rings (SSSR count). The Kier molecular flexibility index (Phi) is 5.67. The first-order valence-corrected chi connectivity index (χ1v) is 7.38. The lowest BCUT2D eigenvalue weighted by Gasteiger charge is -2.12. The van der Waals surface area contributed by atoms with E-state index in [2.05, 4.69) is 15.4 Å². The van der Waals surface area contributed by atoms with Crippen LogP contribution in [0.15, 0.2) is 42.5 Å². The van der Waals surface area contributed by atoms with Crippen molar-refractivity contribution in [3.8, 4) is 0 Å². The monoisotopic (exact) mass is 343 g/mol. The maximum Gasteiger partial charge on any atom is 0.339 e. The predicted octanol–water partition coefficient (Wildman–Crippen LogP) is 2.74. The number of non-ortho nitro benzene ring substituents is 1. The summed E-state index contributed by atoms with van der Waals surface area (Å²) < 4.78 is 4.69. The average molecular weight is 343 g/mol. The molecule has 0 aliphatic carbocycles. The molecule has 25 heavy (non-hydrogen) atoms. The smallest absolute Gasteiger partial charge is 0.339 e. The van der Waals surface area contributed by atoms with Crippen LogP contribution in [0.3, 0.4) is 0 Å². The number of benzene rings is 2. The van der Waals surface area contributed by atoms with Crippen LogP contribution < -0.4 is 10.6 Å². The average Bonchev–Trinajstić information content (AvgIpc) is 2.61. The SMILES string of the molecule is COC(=O)c1ccccc1NCC(=O)Nc1cc([N+](=O)[O-])ccc1C. The number of rotatable bonds is 6. The predicted molar refractivity (Wildman–Crippen MR) is 92.7 cm³/mol. The van der Waals surface area contributed by atoms with E-state index in [-0.39, 0.29) is 12.2 Å². The largest absolute Gasteiger partial charge is 0.465 e. The van der Waals surface area contributed by atoms with Crippen LogP contribution >= 0.6 is 0 Å². The summed E-state index contributed by atoms with van der Waals surface area (Å²) in [6.07, 6.45) is 0. The van der Waals surface area contributed by atoms with E-state index in [1.165, 1.54) is 19.2 Å². The van der Waals surface area contributed by atoms with E-state index in [1.807, 2.05) is 0 Å². The highest BCUT2D eigenvalue weighted by molar-refractivity contribution is 5.98. The van der Waals surface area contributed by atoms with Crippen molar-refractivity contribution in [2.45, 2.75) is 6.92 Å². The molecule has 8 heteroatoms. The van der Waals surface area contributed by atoms with Gasteiger partial charge in [-0.05, 0) is 24.6 Å². The molecule has 0 aromatic heterocycles. The van der Waals surface area contributed by atoms with Gasteiger partial charge in [-0.3, -0.25) is 14.9 Å². The fourth-order valence-corrected chi connectivity index (χ4v) is 2.15. The quantitative estimate of drug-likeness (QED) is 0.474. The molecule has 2 aromatic carbocycles. The third-order valence-electron chi connectivity index (χ3n) is 3.48. The zero-order valence-electron chi connectivity index (χ0n) is 13.7. The van der Waals surface area contributed by atoms with Gasteiger partial charge in [0, 0.05) is 17.8 Å². The van der Waals surface area contributed by atoms with Gasteiger partial charge in [0.15, 0.2) is 0 Å². The molecule has 0 fully saturated rings. The Bertz CT molecular complexity index is 820. The van der Waals surface area contributed by atoms with E-state index in [0.717, 1.165) is 0 Å². The zero-order chi connectivity index (χ0) is 18.4. The van der Waals surface area contributed by atoms with E-state index in [0.29, 0.717) is 22.5 Å². The number of anilines is 2. The molecular weight excluding hydrogens is 326 g/mol. The summed E-state index contributed by atoms with van der Waals surface area (Å²) in [4.78, 5) is 34.1. The molecule has 0 saturated carbocycles. The minimum atomic E-state index is -0.528. The van der Waals surface area contributed by atoms with E-state index in [1.54, 1.807) is 37.3 Å². The number of carbonyl (C=O) groups excluding carboxylic acids is 2. The van der Waals surface area contributed by atoms with E-state index in [4.69, 9.17) is 0 Å². The molecule has 0 saturated heterocycles. The van der Waals surface area contributed by atoms with Gasteiger partial charge in [0.2, 0.25) is 5.91 Å². The Morgan fingerprint density at radius 1 is 1.16 bits per heavy atom. The third kappa shape index (κ3) is 4.54. The van der Waals surface area contributed by atoms with Crippen LogP contribution in [0, 0.1) is 17.0 Å². The lowest BCUT2D eigenvalue weighted by atomic mass is 10.1. The number of nitro groups is 1. The molecule has 0 bridgehead atoms. The van der Waals surface area contributed by atoms with Crippen molar-refractivity contribution in [3.63, 3.8) is 0 Å². The van der Waals surface area contributed by atoms with Gasteiger partial charge in [0.1, 0.15) is 0 Å². The number of amides is 1. The van der Waals surface area contributed by atoms with Crippen LogP contribution in [-0.2, 0) is 9.53 Å². The highest BCUT2D eigenvalue weighted by Gasteiger charge is 2.13. The third-order valence-corrected chi connectivity index (χ3v) is 3.48. The maximum absolute atomic E-state index is 12.1. The summed E-state index contributed by atoms with van der Waals surface area (Å²) in [6, 6.07) is 10.9. The number of hydrogen-bond acceptors (Lipinski definition) is 6. The van der Waals surface area contributed by atoms with Gasteiger partial charge in [0.05, 0.1) is 29.8 Å². The molecule has 0 unspecified atom stereocenters. The fraction of sp³-hybridized carbons (Fsp3) is 0.176. The van der Waals surface area contributed by atoms with Gasteiger partial charge in [-0.15, -0.1) is 0 Å². The van der Waals surface area contributed by atoms with Gasteiger partial charge in [-0.25, -0.2) is 4.79 Å². The lowest BCUT2D eigenvalue weighted by molar-refractivity contribution is -0.384. The number of carbonyl (C=O) groups is 2. The molecular formula is C17H17N3O5. The van der Waals surface area contributed by atoms with Crippen LogP contribution in [0.1, 0.15) is 15.9 Å².